The van der Waals surface area contributed by atoms with Crippen molar-refractivity contribution < 1.29 is 4.74 Å². The Balaban J connectivity index is 1.57. The quantitative estimate of drug-likeness (QED) is 0.569. The molecule has 0 spiro atoms. The van der Waals surface area contributed by atoms with Gasteiger partial charge in [0, 0.05) is 23.2 Å². The Morgan fingerprint density at radius 1 is 1.34 bits per heavy atom. The van der Waals surface area contributed by atoms with Gasteiger partial charge in [-0.05, 0) is 49.8 Å². The largest absolute Gasteiger partial charge is 0.496 e. The first-order valence-electron chi connectivity index (χ1n) is 9.81. The Labute approximate surface area is 173 Å². The molecule has 2 heterocycles. The number of H-pyrrole nitrogens is 1. The van der Waals surface area contributed by atoms with Crippen LogP contribution in [0.5, 0.6) is 5.75 Å². The monoisotopic (exact) mass is 416 g/mol. The molecule has 1 aromatic carbocycles. The molecule has 1 saturated carbocycles. The number of hydrogen-bond acceptors (Lipinski definition) is 6. The van der Waals surface area contributed by atoms with Crippen molar-refractivity contribution in [2.24, 2.45) is 11.7 Å². The fraction of sp³-hybridized carbons (Fsp3) is 0.450. The number of aromatic amines is 1. The van der Waals surface area contributed by atoms with E-state index in [2.05, 4.69) is 20.3 Å². The number of nitrogens with zero attached hydrogens (tertiary/aromatic N) is 3. The van der Waals surface area contributed by atoms with Gasteiger partial charge in [-0.1, -0.05) is 11.6 Å². The molecule has 0 amide bonds. The zero-order valence-electron chi connectivity index (χ0n) is 16.3. The van der Waals surface area contributed by atoms with Crippen molar-refractivity contribution in [1.82, 2.24) is 19.5 Å². The van der Waals surface area contributed by atoms with Crippen molar-refractivity contribution in [3.05, 3.63) is 45.5 Å². The lowest BCUT2D eigenvalue weighted by Crippen LogP contribution is -2.29. The Bertz CT molecular complexity index is 1050. The van der Waals surface area contributed by atoms with Crippen LogP contribution in [0.3, 0.4) is 0 Å². The molecule has 2 aromatic heterocycles. The van der Waals surface area contributed by atoms with E-state index in [1.54, 1.807) is 36.1 Å². The van der Waals surface area contributed by atoms with E-state index in [4.69, 9.17) is 22.1 Å². The zero-order valence-corrected chi connectivity index (χ0v) is 17.1. The summed E-state index contributed by atoms with van der Waals surface area (Å²) in [4.78, 5) is 24.2. The van der Waals surface area contributed by atoms with E-state index in [1.165, 1.54) is 0 Å². The molecule has 4 N–H and O–H groups in total. The molecule has 0 radical (unpaired) electrons. The first-order chi connectivity index (χ1) is 14.0. The van der Waals surface area contributed by atoms with Gasteiger partial charge in [0.2, 0.25) is 5.95 Å². The number of rotatable bonds is 6. The molecule has 154 valence electrons. The van der Waals surface area contributed by atoms with Crippen LogP contribution >= 0.6 is 11.6 Å². The smallest absolute Gasteiger partial charge is 0.328 e. The molecule has 8 nitrogen and oxygen atoms in total. The lowest BCUT2D eigenvalue weighted by Gasteiger charge is -2.26. The third-order valence-electron chi connectivity index (χ3n) is 5.52. The van der Waals surface area contributed by atoms with Gasteiger partial charge in [0.05, 0.1) is 19.9 Å². The standard InChI is InChI=1S/C20H25ClN6O2/c1-29-17-7-4-14(21)8-13(17)11-27-18-16(25-20(27)28)10-24-19(26-18)23-9-12-2-5-15(22)6-3-12/h4,7-8,10,12,15H,2-3,5-6,9,11,22H2,1H3,(H,25,28)(H,23,24,26). The van der Waals surface area contributed by atoms with E-state index in [0.717, 1.165) is 37.8 Å². The zero-order chi connectivity index (χ0) is 20.4. The number of imidazole rings is 1. The molecule has 0 unspecified atom stereocenters. The molecule has 1 aliphatic rings. The predicted octanol–water partition coefficient (Wildman–Crippen LogP) is 2.76. The number of benzene rings is 1. The highest BCUT2D eigenvalue weighted by atomic mass is 35.5. The molecule has 9 heteroatoms. The number of halogens is 1. The fourth-order valence-electron chi connectivity index (χ4n) is 3.85. The lowest BCUT2D eigenvalue weighted by atomic mass is 9.86. The average Bonchev–Trinajstić information content (AvgIpc) is 3.02. The van der Waals surface area contributed by atoms with Gasteiger partial charge in [-0.15, -0.1) is 0 Å². The van der Waals surface area contributed by atoms with Gasteiger partial charge in [0.15, 0.2) is 5.65 Å². The third-order valence-corrected chi connectivity index (χ3v) is 5.76. The maximum absolute atomic E-state index is 12.5. The number of nitrogens with one attached hydrogen (secondary N) is 2. The molecule has 0 atom stereocenters. The molecule has 0 saturated heterocycles. The van der Waals surface area contributed by atoms with E-state index in [9.17, 15) is 4.79 Å². The summed E-state index contributed by atoms with van der Waals surface area (Å²) in [7, 11) is 1.59. The van der Waals surface area contributed by atoms with Gasteiger partial charge in [0.1, 0.15) is 11.3 Å². The number of aromatic nitrogens is 4. The summed E-state index contributed by atoms with van der Waals surface area (Å²) < 4.78 is 6.97. The second-order valence-corrected chi connectivity index (χ2v) is 8.00. The van der Waals surface area contributed by atoms with E-state index in [1.807, 2.05) is 0 Å². The minimum atomic E-state index is -0.255. The van der Waals surface area contributed by atoms with Crippen LogP contribution in [0.4, 0.5) is 5.95 Å². The summed E-state index contributed by atoms with van der Waals surface area (Å²) in [5.41, 5.74) is 7.66. The summed E-state index contributed by atoms with van der Waals surface area (Å²) in [6.07, 6.45) is 5.98. The average molecular weight is 417 g/mol. The minimum Gasteiger partial charge on any atom is -0.496 e. The summed E-state index contributed by atoms with van der Waals surface area (Å²) in [6.45, 7) is 1.09. The second-order valence-electron chi connectivity index (χ2n) is 7.57. The molecule has 1 fully saturated rings. The number of fused-ring (bicyclic) bond motifs is 1. The second kappa shape index (κ2) is 8.42. The summed E-state index contributed by atoms with van der Waals surface area (Å²) >= 11 is 6.13. The highest BCUT2D eigenvalue weighted by molar-refractivity contribution is 6.30. The first kappa shape index (κ1) is 19.7. The van der Waals surface area contributed by atoms with Crippen LogP contribution in [-0.2, 0) is 6.54 Å². The molecule has 4 rings (SSSR count). The molecule has 0 aliphatic heterocycles. The van der Waals surface area contributed by atoms with Crippen molar-refractivity contribution >= 4 is 28.7 Å². The number of anilines is 1. The first-order valence-corrected chi connectivity index (χ1v) is 10.2. The van der Waals surface area contributed by atoms with Crippen molar-refractivity contribution in [3.63, 3.8) is 0 Å². The van der Waals surface area contributed by atoms with Crippen molar-refractivity contribution in [3.8, 4) is 5.75 Å². The van der Waals surface area contributed by atoms with Gasteiger partial charge >= 0.3 is 5.69 Å². The Morgan fingerprint density at radius 2 is 2.14 bits per heavy atom. The van der Waals surface area contributed by atoms with Crippen LogP contribution in [0.25, 0.3) is 11.2 Å². The van der Waals surface area contributed by atoms with Crippen LogP contribution in [-0.4, -0.2) is 39.2 Å². The molecule has 29 heavy (non-hydrogen) atoms. The topological polar surface area (TPSA) is 111 Å². The van der Waals surface area contributed by atoms with Gasteiger partial charge in [-0.2, -0.15) is 4.98 Å². The Hall–Kier alpha value is -2.58. The molecule has 0 bridgehead atoms. The number of ether oxygens (including phenoxy) is 1. The lowest BCUT2D eigenvalue weighted by molar-refractivity contribution is 0.338. The van der Waals surface area contributed by atoms with Gasteiger partial charge in [-0.3, -0.25) is 4.57 Å². The summed E-state index contributed by atoms with van der Waals surface area (Å²) in [5, 5.41) is 3.90. The van der Waals surface area contributed by atoms with Crippen LogP contribution < -0.4 is 21.5 Å². The molecular weight excluding hydrogens is 392 g/mol. The van der Waals surface area contributed by atoms with Gasteiger partial charge in [0.25, 0.3) is 0 Å². The molecular formula is C20H25ClN6O2. The van der Waals surface area contributed by atoms with E-state index >= 15 is 0 Å². The summed E-state index contributed by atoms with van der Waals surface area (Å²) in [6, 6.07) is 5.66. The predicted molar refractivity (Wildman–Crippen MR) is 114 cm³/mol. The minimum absolute atomic E-state index is 0.255. The number of methoxy groups -OCH3 is 1. The normalized spacial score (nSPS) is 19.4. The number of nitrogens with two attached hydrogens (primary N) is 1. The third kappa shape index (κ3) is 4.38. The number of hydrogen-bond donors (Lipinski definition) is 3. The van der Waals surface area contributed by atoms with Gasteiger partial charge in [-0.25, -0.2) is 9.78 Å². The van der Waals surface area contributed by atoms with E-state index in [-0.39, 0.29) is 5.69 Å². The Morgan fingerprint density at radius 3 is 2.90 bits per heavy atom. The fourth-order valence-corrected chi connectivity index (χ4v) is 4.04. The Kier molecular flexibility index (Phi) is 5.73. The maximum Gasteiger partial charge on any atom is 0.328 e. The van der Waals surface area contributed by atoms with E-state index < -0.39 is 0 Å². The van der Waals surface area contributed by atoms with Crippen molar-refractivity contribution in [2.75, 3.05) is 19.0 Å². The van der Waals surface area contributed by atoms with Crippen molar-refractivity contribution in [2.45, 2.75) is 38.3 Å². The maximum atomic E-state index is 12.5. The molecule has 3 aromatic rings. The van der Waals surface area contributed by atoms with Crippen LogP contribution in [0, 0.1) is 5.92 Å². The van der Waals surface area contributed by atoms with E-state index in [0.29, 0.717) is 46.4 Å². The van der Waals surface area contributed by atoms with Crippen LogP contribution in [0.15, 0.2) is 29.2 Å². The van der Waals surface area contributed by atoms with Crippen LogP contribution in [0.1, 0.15) is 31.2 Å². The highest BCUT2D eigenvalue weighted by Crippen LogP contribution is 2.25. The SMILES string of the molecule is COc1ccc(Cl)cc1Cn1c(=O)[nH]c2cnc(NCC3CCC(N)CC3)nc21. The highest BCUT2D eigenvalue weighted by Gasteiger charge is 2.19. The molecule has 1 aliphatic carbocycles. The van der Waals surface area contributed by atoms with Gasteiger partial charge < -0.3 is 20.8 Å². The van der Waals surface area contributed by atoms with Crippen molar-refractivity contribution in [1.29, 1.82) is 0 Å². The summed E-state index contributed by atoms with van der Waals surface area (Å²) in [5.74, 6) is 1.75. The van der Waals surface area contributed by atoms with Crippen LogP contribution in [0.2, 0.25) is 5.02 Å².